The first-order valence-corrected chi connectivity index (χ1v) is 7.67. The van der Waals surface area contributed by atoms with Crippen LogP contribution in [-0.2, 0) is 6.54 Å². The highest BCUT2D eigenvalue weighted by Crippen LogP contribution is 2.26. The van der Waals surface area contributed by atoms with Crippen LogP contribution in [0.25, 0.3) is 0 Å². The van der Waals surface area contributed by atoms with Gasteiger partial charge in [0.25, 0.3) is 0 Å². The van der Waals surface area contributed by atoms with Gasteiger partial charge >= 0.3 is 0 Å². The molecule has 3 rings (SSSR count). The summed E-state index contributed by atoms with van der Waals surface area (Å²) >= 11 is 3.47. The van der Waals surface area contributed by atoms with Crippen LogP contribution in [0.4, 0.5) is 0 Å². The second-order valence-corrected chi connectivity index (χ2v) is 6.36. The van der Waals surface area contributed by atoms with E-state index in [0.29, 0.717) is 6.04 Å². The summed E-state index contributed by atoms with van der Waals surface area (Å²) < 4.78 is 1.06. The average molecular weight is 310 g/mol. The summed E-state index contributed by atoms with van der Waals surface area (Å²) in [7, 11) is 0. The molecule has 0 aliphatic carbocycles. The quantitative estimate of drug-likeness (QED) is 0.930. The van der Waals surface area contributed by atoms with E-state index in [-0.39, 0.29) is 0 Å². The monoisotopic (exact) mass is 309 g/mol. The highest BCUT2D eigenvalue weighted by atomic mass is 79.9. The zero-order valence-corrected chi connectivity index (χ0v) is 12.2. The fourth-order valence-electron chi connectivity index (χ4n) is 3.22. The Balaban J connectivity index is 1.51. The molecule has 0 amide bonds. The van der Waals surface area contributed by atoms with Gasteiger partial charge in [0.15, 0.2) is 0 Å². The van der Waals surface area contributed by atoms with Crippen LogP contribution in [0.1, 0.15) is 31.2 Å². The average Bonchev–Trinajstić information content (AvgIpc) is 2.84. The maximum Gasteiger partial charge on any atom is 0.0410 e. The maximum atomic E-state index is 4.21. The lowest BCUT2D eigenvalue weighted by atomic mass is 9.97. The van der Waals surface area contributed by atoms with Gasteiger partial charge in [0.05, 0.1) is 0 Å². The molecule has 1 aromatic heterocycles. The van der Waals surface area contributed by atoms with Gasteiger partial charge in [-0.15, -0.1) is 0 Å². The Morgan fingerprint density at radius 1 is 1.33 bits per heavy atom. The maximum absolute atomic E-state index is 4.21. The SMILES string of the molecule is Brc1cncc(CNC2CCN3CCCC3C2)c1. The second-order valence-electron chi connectivity index (χ2n) is 5.45. The molecule has 2 unspecified atom stereocenters. The summed E-state index contributed by atoms with van der Waals surface area (Å²) in [4.78, 5) is 6.87. The normalized spacial score (nSPS) is 28.3. The Morgan fingerprint density at radius 3 is 3.17 bits per heavy atom. The number of fused-ring (bicyclic) bond motifs is 1. The van der Waals surface area contributed by atoms with E-state index in [0.717, 1.165) is 17.1 Å². The second kappa shape index (κ2) is 5.68. The van der Waals surface area contributed by atoms with Crippen LogP contribution >= 0.6 is 15.9 Å². The van der Waals surface area contributed by atoms with Gasteiger partial charge in [-0.05, 0) is 66.3 Å². The number of nitrogens with zero attached hydrogens (tertiary/aromatic N) is 2. The number of hydrogen-bond donors (Lipinski definition) is 1. The third-order valence-electron chi connectivity index (χ3n) is 4.18. The van der Waals surface area contributed by atoms with Crippen molar-refractivity contribution in [1.82, 2.24) is 15.2 Å². The van der Waals surface area contributed by atoms with Crippen LogP contribution in [-0.4, -0.2) is 35.1 Å². The molecule has 2 fully saturated rings. The van der Waals surface area contributed by atoms with Gasteiger partial charge in [-0.2, -0.15) is 0 Å². The minimum Gasteiger partial charge on any atom is -0.310 e. The Kier molecular flexibility index (Phi) is 3.97. The largest absolute Gasteiger partial charge is 0.310 e. The topological polar surface area (TPSA) is 28.2 Å². The Morgan fingerprint density at radius 2 is 2.28 bits per heavy atom. The molecular formula is C14H20BrN3. The minimum absolute atomic E-state index is 0.684. The van der Waals surface area contributed by atoms with E-state index in [1.54, 1.807) is 0 Å². The van der Waals surface area contributed by atoms with Crippen LogP contribution < -0.4 is 5.32 Å². The van der Waals surface area contributed by atoms with Crippen molar-refractivity contribution >= 4 is 15.9 Å². The number of nitrogens with one attached hydrogen (secondary N) is 1. The minimum atomic E-state index is 0.684. The van der Waals surface area contributed by atoms with E-state index in [9.17, 15) is 0 Å². The van der Waals surface area contributed by atoms with Crippen LogP contribution in [0.3, 0.4) is 0 Å². The van der Waals surface area contributed by atoms with Gasteiger partial charge in [-0.1, -0.05) is 0 Å². The summed E-state index contributed by atoms with van der Waals surface area (Å²) in [6.07, 6.45) is 9.19. The van der Waals surface area contributed by atoms with Gasteiger partial charge in [0.1, 0.15) is 0 Å². The molecule has 4 heteroatoms. The molecule has 1 aromatic rings. The summed E-state index contributed by atoms with van der Waals surface area (Å²) in [6, 6.07) is 3.67. The highest BCUT2D eigenvalue weighted by molar-refractivity contribution is 9.10. The van der Waals surface area contributed by atoms with Crippen molar-refractivity contribution in [3.63, 3.8) is 0 Å². The fourth-order valence-corrected chi connectivity index (χ4v) is 3.64. The number of aromatic nitrogens is 1. The van der Waals surface area contributed by atoms with Crippen molar-refractivity contribution in [3.8, 4) is 0 Å². The number of hydrogen-bond acceptors (Lipinski definition) is 3. The highest BCUT2D eigenvalue weighted by Gasteiger charge is 2.31. The third kappa shape index (κ3) is 2.92. The molecule has 2 atom stereocenters. The molecule has 3 heterocycles. The molecule has 0 aromatic carbocycles. The van der Waals surface area contributed by atoms with Crippen molar-refractivity contribution in [2.24, 2.45) is 0 Å². The summed E-state index contributed by atoms with van der Waals surface area (Å²) in [5, 5.41) is 3.69. The standard InChI is InChI=1S/C14H20BrN3/c15-12-6-11(8-16-10-12)9-17-13-3-5-18-4-1-2-14(18)7-13/h6,8,10,13-14,17H,1-5,7,9H2. The van der Waals surface area contributed by atoms with Crippen LogP contribution in [0.5, 0.6) is 0 Å². The molecule has 1 N–H and O–H groups in total. The molecule has 2 saturated heterocycles. The smallest absolute Gasteiger partial charge is 0.0410 e. The van der Waals surface area contributed by atoms with Gasteiger partial charge in [0.2, 0.25) is 0 Å². The van der Waals surface area contributed by atoms with Crippen LogP contribution in [0.2, 0.25) is 0 Å². The predicted octanol–water partition coefficient (Wildman–Crippen LogP) is 2.56. The van der Waals surface area contributed by atoms with Crippen molar-refractivity contribution in [2.45, 2.75) is 44.3 Å². The van der Waals surface area contributed by atoms with E-state index >= 15 is 0 Å². The van der Waals surface area contributed by atoms with Gasteiger partial charge < -0.3 is 10.2 Å². The van der Waals surface area contributed by atoms with Gasteiger partial charge in [-0.25, -0.2) is 0 Å². The fraction of sp³-hybridized carbons (Fsp3) is 0.643. The molecule has 2 aliphatic heterocycles. The molecule has 98 valence electrons. The number of halogens is 1. The lowest BCUT2D eigenvalue weighted by Crippen LogP contribution is -2.45. The molecule has 2 aliphatic rings. The first-order valence-electron chi connectivity index (χ1n) is 6.88. The molecule has 3 nitrogen and oxygen atoms in total. The predicted molar refractivity (Wildman–Crippen MR) is 76.4 cm³/mol. The van der Waals surface area contributed by atoms with E-state index in [1.165, 1.54) is 44.3 Å². The summed E-state index contributed by atoms with van der Waals surface area (Å²) in [5.74, 6) is 0. The zero-order valence-electron chi connectivity index (χ0n) is 10.6. The van der Waals surface area contributed by atoms with Crippen LogP contribution in [0.15, 0.2) is 22.9 Å². The lowest BCUT2D eigenvalue weighted by molar-refractivity contribution is 0.166. The summed E-state index contributed by atoms with van der Waals surface area (Å²) in [5.41, 5.74) is 1.26. The van der Waals surface area contributed by atoms with E-state index in [2.05, 4.69) is 37.2 Å². The molecule has 0 radical (unpaired) electrons. The van der Waals surface area contributed by atoms with Crippen molar-refractivity contribution in [2.75, 3.05) is 13.1 Å². The zero-order chi connectivity index (χ0) is 12.4. The number of rotatable bonds is 3. The molecule has 0 saturated carbocycles. The Bertz CT molecular complexity index is 410. The molecular weight excluding hydrogens is 290 g/mol. The molecule has 0 bridgehead atoms. The third-order valence-corrected chi connectivity index (χ3v) is 4.61. The van der Waals surface area contributed by atoms with E-state index < -0.39 is 0 Å². The number of piperidine rings is 1. The Hall–Kier alpha value is -0.450. The van der Waals surface area contributed by atoms with Gasteiger partial charge in [-0.3, -0.25) is 4.98 Å². The lowest BCUT2D eigenvalue weighted by Gasteiger charge is -2.35. The van der Waals surface area contributed by atoms with Crippen molar-refractivity contribution in [1.29, 1.82) is 0 Å². The summed E-state index contributed by atoms with van der Waals surface area (Å²) in [6.45, 7) is 3.54. The molecule has 18 heavy (non-hydrogen) atoms. The Labute approximate surface area is 117 Å². The number of pyridine rings is 1. The van der Waals surface area contributed by atoms with Gasteiger partial charge in [0, 0.05) is 35.5 Å². The van der Waals surface area contributed by atoms with E-state index in [1.807, 2.05) is 12.4 Å². The van der Waals surface area contributed by atoms with Crippen LogP contribution in [0, 0.1) is 0 Å². The van der Waals surface area contributed by atoms with Crippen molar-refractivity contribution in [3.05, 3.63) is 28.5 Å². The first-order chi connectivity index (χ1) is 8.81. The first kappa shape index (κ1) is 12.6. The molecule has 0 spiro atoms. The van der Waals surface area contributed by atoms with E-state index in [4.69, 9.17) is 0 Å². The van der Waals surface area contributed by atoms with Crippen molar-refractivity contribution < 1.29 is 0 Å².